The van der Waals surface area contributed by atoms with Crippen LogP contribution in [-0.2, 0) is 0 Å². The van der Waals surface area contributed by atoms with Gasteiger partial charge in [0.05, 0.1) is 0 Å². The van der Waals surface area contributed by atoms with Gasteiger partial charge in [-0.1, -0.05) is 64.7 Å². The number of hydrogen-bond donors (Lipinski definition) is 1. The van der Waals surface area contributed by atoms with Crippen molar-refractivity contribution in [3.63, 3.8) is 0 Å². The second-order valence-electron chi connectivity index (χ2n) is 5.40. The van der Waals surface area contributed by atoms with Gasteiger partial charge in [-0.2, -0.15) is 0 Å². The first-order valence-electron chi connectivity index (χ1n) is 7.06. The van der Waals surface area contributed by atoms with Crippen molar-refractivity contribution in [2.75, 3.05) is 0 Å². The van der Waals surface area contributed by atoms with Crippen molar-refractivity contribution < 1.29 is 0 Å². The third-order valence-corrected chi connectivity index (χ3v) is 3.93. The van der Waals surface area contributed by atoms with Crippen molar-refractivity contribution in [2.45, 2.75) is 83.6 Å². The van der Waals surface area contributed by atoms with Crippen molar-refractivity contribution in [1.29, 1.82) is 0 Å². The normalized spacial score (nSPS) is 32.4. The van der Waals surface area contributed by atoms with Crippen molar-refractivity contribution in [3.8, 4) is 0 Å². The highest BCUT2D eigenvalue weighted by Crippen LogP contribution is 2.19. The standard InChI is InChI=1S/C14H29N/c1-13-11-9-7-5-3-2-4-6-8-10-12-14(13)15/h13-14H,2-12,15H2,1H3. The number of hydrogen-bond acceptors (Lipinski definition) is 1. The van der Waals surface area contributed by atoms with Crippen molar-refractivity contribution >= 4 is 0 Å². The van der Waals surface area contributed by atoms with Gasteiger partial charge < -0.3 is 5.73 Å². The Labute approximate surface area is 95.8 Å². The van der Waals surface area contributed by atoms with Crippen LogP contribution in [-0.4, -0.2) is 6.04 Å². The second kappa shape index (κ2) is 8.15. The monoisotopic (exact) mass is 211 g/mol. The van der Waals surface area contributed by atoms with Gasteiger partial charge in [0, 0.05) is 6.04 Å². The van der Waals surface area contributed by atoms with Crippen molar-refractivity contribution in [1.82, 2.24) is 0 Å². The summed E-state index contributed by atoms with van der Waals surface area (Å²) >= 11 is 0. The SMILES string of the molecule is CC1CCCCCCCCCCCC1N. The predicted molar refractivity (Wildman–Crippen MR) is 67.9 cm³/mol. The highest BCUT2D eigenvalue weighted by Gasteiger charge is 2.12. The molecule has 0 saturated heterocycles. The van der Waals surface area contributed by atoms with Crippen LogP contribution in [0, 0.1) is 5.92 Å². The molecule has 0 spiro atoms. The third-order valence-electron chi connectivity index (χ3n) is 3.93. The van der Waals surface area contributed by atoms with E-state index < -0.39 is 0 Å². The lowest BCUT2D eigenvalue weighted by Crippen LogP contribution is -2.28. The van der Waals surface area contributed by atoms with Crippen molar-refractivity contribution in [3.05, 3.63) is 0 Å². The van der Waals surface area contributed by atoms with Crippen LogP contribution in [0.2, 0.25) is 0 Å². The van der Waals surface area contributed by atoms with E-state index in [0.717, 1.165) is 5.92 Å². The molecule has 1 rings (SSSR count). The lowest BCUT2D eigenvalue weighted by atomic mass is 9.92. The van der Waals surface area contributed by atoms with Gasteiger partial charge in [-0.05, 0) is 18.8 Å². The smallest absolute Gasteiger partial charge is 0.00645 e. The molecule has 0 amide bonds. The van der Waals surface area contributed by atoms with E-state index in [1.165, 1.54) is 70.6 Å². The average molecular weight is 211 g/mol. The largest absolute Gasteiger partial charge is 0.327 e. The lowest BCUT2D eigenvalue weighted by Gasteiger charge is -2.19. The first kappa shape index (κ1) is 13.0. The summed E-state index contributed by atoms with van der Waals surface area (Å²) in [7, 11) is 0. The Morgan fingerprint density at radius 2 is 1.07 bits per heavy atom. The molecular weight excluding hydrogens is 182 g/mol. The molecule has 1 heteroatoms. The van der Waals surface area contributed by atoms with Gasteiger partial charge >= 0.3 is 0 Å². The maximum absolute atomic E-state index is 6.20. The molecular formula is C14H29N. The van der Waals surface area contributed by atoms with Crippen LogP contribution in [0.1, 0.15) is 77.6 Å². The fourth-order valence-corrected chi connectivity index (χ4v) is 2.58. The number of nitrogens with two attached hydrogens (primary N) is 1. The van der Waals surface area contributed by atoms with E-state index in [2.05, 4.69) is 6.92 Å². The summed E-state index contributed by atoms with van der Waals surface area (Å²) in [6.45, 7) is 2.34. The summed E-state index contributed by atoms with van der Waals surface area (Å²) in [5, 5.41) is 0. The van der Waals surface area contributed by atoms with Crippen LogP contribution < -0.4 is 5.73 Å². The lowest BCUT2D eigenvalue weighted by molar-refractivity contribution is 0.381. The second-order valence-corrected chi connectivity index (χ2v) is 5.40. The minimum absolute atomic E-state index is 0.464. The highest BCUT2D eigenvalue weighted by molar-refractivity contribution is 4.69. The minimum Gasteiger partial charge on any atom is -0.327 e. The average Bonchev–Trinajstić information content (AvgIpc) is 2.25. The topological polar surface area (TPSA) is 26.0 Å². The fraction of sp³-hybridized carbons (Fsp3) is 1.00. The van der Waals surface area contributed by atoms with Gasteiger partial charge in [0.15, 0.2) is 0 Å². The van der Waals surface area contributed by atoms with Gasteiger partial charge in [0.25, 0.3) is 0 Å². The Balaban J connectivity index is 2.24. The summed E-state index contributed by atoms with van der Waals surface area (Å²) in [6, 6.07) is 0.464. The Kier molecular flexibility index (Phi) is 7.08. The van der Waals surface area contributed by atoms with E-state index in [4.69, 9.17) is 5.73 Å². The molecule has 0 aromatic heterocycles. The molecule has 0 radical (unpaired) electrons. The maximum Gasteiger partial charge on any atom is 0.00645 e. The summed E-state index contributed by atoms with van der Waals surface area (Å²) < 4.78 is 0. The van der Waals surface area contributed by atoms with E-state index in [-0.39, 0.29) is 0 Å². The Morgan fingerprint density at radius 3 is 1.60 bits per heavy atom. The molecule has 0 aromatic carbocycles. The zero-order chi connectivity index (χ0) is 10.9. The number of rotatable bonds is 0. The molecule has 1 aliphatic rings. The zero-order valence-corrected chi connectivity index (χ0v) is 10.5. The van der Waals surface area contributed by atoms with Crippen LogP contribution in [0.4, 0.5) is 0 Å². The molecule has 90 valence electrons. The summed E-state index contributed by atoms with van der Waals surface area (Å²) in [6.07, 6.45) is 15.4. The van der Waals surface area contributed by atoms with E-state index in [1.54, 1.807) is 0 Å². The molecule has 0 aromatic rings. The van der Waals surface area contributed by atoms with E-state index >= 15 is 0 Å². The van der Waals surface area contributed by atoms with Gasteiger partial charge in [-0.25, -0.2) is 0 Å². The predicted octanol–water partition coefficient (Wildman–Crippen LogP) is 4.25. The van der Waals surface area contributed by atoms with Crippen LogP contribution in [0.25, 0.3) is 0 Å². The van der Waals surface area contributed by atoms with Gasteiger partial charge in [-0.15, -0.1) is 0 Å². The van der Waals surface area contributed by atoms with Gasteiger partial charge in [0.2, 0.25) is 0 Å². The van der Waals surface area contributed by atoms with Crippen LogP contribution >= 0.6 is 0 Å². The maximum atomic E-state index is 6.20. The van der Waals surface area contributed by atoms with Crippen LogP contribution in [0.5, 0.6) is 0 Å². The quantitative estimate of drug-likeness (QED) is 0.636. The van der Waals surface area contributed by atoms with E-state index in [1.807, 2.05) is 0 Å². The van der Waals surface area contributed by atoms with E-state index in [0.29, 0.717) is 6.04 Å². The molecule has 2 N–H and O–H groups in total. The summed E-state index contributed by atoms with van der Waals surface area (Å²) in [5.41, 5.74) is 6.20. The molecule has 1 aliphatic carbocycles. The first-order valence-corrected chi connectivity index (χ1v) is 7.06. The Hall–Kier alpha value is -0.0400. The molecule has 1 nitrogen and oxygen atoms in total. The van der Waals surface area contributed by atoms with Crippen molar-refractivity contribution in [2.24, 2.45) is 11.7 Å². The molecule has 2 atom stereocenters. The third kappa shape index (κ3) is 6.19. The molecule has 1 fully saturated rings. The molecule has 0 aliphatic heterocycles. The molecule has 2 unspecified atom stereocenters. The van der Waals surface area contributed by atoms with Crippen LogP contribution in [0.3, 0.4) is 0 Å². The van der Waals surface area contributed by atoms with Gasteiger partial charge in [0.1, 0.15) is 0 Å². The molecule has 1 saturated carbocycles. The highest BCUT2D eigenvalue weighted by atomic mass is 14.6. The molecule has 0 heterocycles. The Bertz CT molecular complexity index is 128. The van der Waals surface area contributed by atoms with Crippen LogP contribution in [0.15, 0.2) is 0 Å². The summed E-state index contributed by atoms with van der Waals surface area (Å²) in [5.74, 6) is 0.741. The van der Waals surface area contributed by atoms with E-state index in [9.17, 15) is 0 Å². The fourth-order valence-electron chi connectivity index (χ4n) is 2.58. The van der Waals surface area contributed by atoms with Gasteiger partial charge in [-0.3, -0.25) is 0 Å². The summed E-state index contributed by atoms with van der Waals surface area (Å²) in [4.78, 5) is 0. The molecule has 0 bridgehead atoms. The Morgan fingerprint density at radius 1 is 0.667 bits per heavy atom. The first-order chi connectivity index (χ1) is 7.30. The zero-order valence-electron chi connectivity index (χ0n) is 10.5. The minimum atomic E-state index is 0.464. The molecule has 15 heavy (non-hydrogen) atoms.